The summed E-state index contributed by atoms with van der Waals surface area (Å²) in [7, 11) is 1.66. The predicted octanol–water partition coefficient (Wildman–Crippen LogP) is 1.98. The molecule has 2 rings (SSSR count). The molecule has 21 heavy (non-hydrogen) atoms. The number of nitrogens with one attached hydrogen (secondary N) is 1. The first kappa shape index (κ1) is 14.8. The smallest absolute Gasteiger partial charge is 0.365 e. The summed E-state index contributed by atoms with van der Waals surface area (Å²) in [4.78, 5) is 14.7. The monoisotopic (exact) mass is 299 g/mol. The number of aryl methyl sites for hydroxylation is 2. The van der Waals surface area contributed by atoms with Gasteiger partial charge in [0.15, 0.2) is 0 Å². The Morgan fingerprint density at radius 1 is 1.38 bits per heavy atom. The van der Waals surface area contributed by atoms with Gasteiger partial charge >= 0.3 is 6.18 Å². The Bertz CT molecular complexity index is 693. The first-order valence-corrected chi connectivity index (χ1v) is 5.84. The zero-order valence-corrected chi connectivity index (χ0v) is 11.2. The number of hydrogen-bond acceptors (Lipinski definition) is 4. The minimum Gasteiger partial charge on any atom is -0.365 e. The van der Waals surface area contributed by atoms with Crippen LogP contribution in [0.2, 0.25) is 0 Å². The molecular formula is C12H12F3N5O. The number of rotatable bonds is 3. The van der Waals surface area contributed by atoms with Gasteiger partial charge in [0, 0.05) is 13.2 Å². The van der Waals surface area contributed by atoms with Crippen molar-refractivity contribution in [2.24, 2.45) is 12.8 Å². The Balaban J connectivity index is 2.49. The van der Waals surface area contributed by atoms with E-state index in [-0.39, 0.29) is 11.4 Å². The maximum atomic E-state index is 12.7. The molecule has 6 nitrogen and oxygen atoms in total. The fraction of sp³-hybridized carbons (Fsp3) is 0.250. The topological polar surface area (TPSA) is 85.8 Å². The van der Waals surface area contributed by atoms with E-state index < -0.39 is 17.8 Å². The summed E-state index contributed by atoms with van der Waals surface area (Å²) in [6, 6.07) is 1.70. The quantitative estimate of drug-likeness (QED) is 0.907. The van der Waals surface area contributed by atoms with Crippen LogP contribution >= 0.6 is 0 Å². The van der Waals surface area contributed by atoms with Crippen molar-refractivity contribution in [3.63, 3.8) is 0 Å². The van der Waals surface area contributed by atoms with Crippen LogP contribution in [0.3, 0.4) is 0 Å². The van der Waals surface area contributed by atoms with E-state index in [1.165, 1.54) is 4.68 Å². The number of aromatic nitrogens is 3. The Morgan fingerprint density at radius 2 is 2.05 bits per heavy atom. The van der Waals surface area contributed by atoms with Crippen molar-refractivity contribution in [2.45, 2.75) is 13.1 Å². The van der Waals surface area contributed by atoms with Crippen molar-refractivity contribution in [1.82, 2.24) is 14.8 Å². The molecule has 0 aliphatic rings. The van der Waals surface area contributed by atoms with Crippen LogP contribution in [0.4, 0.5) is 24.7 Å². The molecule has 0 radical (unpaired) electrons. The zero-order chi connectivity index (χ0) is 15.8. The molecule has 0 saturated heterocycles. The second-order valence-corrected chi connectivity index (χ2v) is 4.38. The number of nitrogens with zero attached hydrogens (tertiary/aromatic N) is 3. The summed E-state index contributed by atoms with van der Waals surface area (Å²) in [5.41, 5.74) is 4.89. The van der Waals surface area contributed by atoms with Gasteiger partial charge in [-0.15, -0.1) is 0 Å². The number of hydrogen-bond donors (Lipinski definition) is 2. The number of primary amides is 1. The predicted molar refractivity (Wildman–Crippen MR) is 69.0 cm³/mol. The van der Waals surface area contributed by atoms with Gasteiger partial charge < -0.3 is 11.1 Å². The highest BCUT2D eigenvalue weighted by Gasteiger charge is 2.33. The molecule has 0 spiro atoms. The van der Waals surface area contributed by atoms with Crippen molar-refractivity contribution < 1.29 is 18.0 Å². The highest BCUT2D eigenvalue weighted by atomic mass is 19.4. The number of alkyl halides is 3. The minimum atomic E-state index is -4.61. The van der Waals surface area contributed by atoms with Crippen LogP contribution in [0.15, 0.2) is 18.3 Å². The van der Waals surface area contributed by atoms with Crippen LogP contribution in [-0.2, 0) is 13.2 Å². The van der Waals surface area contributed by atoms with Gasteiger partial charge in [0.05, 0.1) is 16.9 Å². The average Bonchev–Trinajstić information content (AvgIpc) is 2.66. The lowest BCUT2D eigenvalue weighted by molar-refractivity contribution is -0.141. The van der Waals surface area contributed by atoms with Crippen LogP contribution < -0.4 is 11.1 Å². The molecule has 9 heteroatoms. The van der Waals surface area contributed by atoms with Crippen molar-refractivity contribution in [3.05, 3.63) is 35.3 Å². The van der Waals surface area contributed by atoms with Crippen molar-refractivity contribution in [1.29, 1.82) is 0 Å². The number of carbonyl (C=O) groups excluding carboxylic acids is 1. The lowest BCUT2D eigenvalue weighted by Gasteiger charge is -2.12. The summed E-state index contributed by atoms with van der Waals surface area (Å²) in [5, 5.41) is 6.70. The standard InChI is InChI=1S/C12H12F3N5O/c1-6-8(5-20(2)19-6)17-11-7(10(16)21)3-4-9(18-11)12(13,14)15/h3-5H,1-2H3,(H2,16,21)(H,17,18). The number of amides is 1. The molecule has 0 atom stereocenters. The Morgan fingerprint density at radius 3 is 2.52 bits per heavy atom. The third-order valence-corrected chi connectivity index (χ3v) is 2.72. The number of pyridine rings is 1. The van der Waals surface area contributed by atoms with Gasteiger partial charge in [-0.25, -0.2) is 4.98 Å². The normalized spacial score (nSPS) is 11.5. The van der Waals surface area contributed by atoms with E-state index in [9.17, 15) is 18.0 Å². The van der Waals surface area contributed by atoms with Crippen molar-refractivity contribution in [3.8, 4) is 0 Å². The van der Waals surface area contributed by atoms with E-state index in [0.717, 1.165) is 6.07 Å². The van der Waals surface area contributed by atoms with Crippen molar-refractivity contribution in [2.75, 3.05) is 5.32 Å². The number of anilines is 2. The highest BCUT2D eigenvalue weighted by molar-refractivity contribution is 5.98. The molecule has 2 aromatic rings. The molecule has 0 saturated carbocycles. The Labute approximate surface area is 117 Å². The number of nitrogens with two attached hydrogens (primary N) is 1. The van der Waals surface area contributed by atoms with E-state index in [1.54, 1.807) is 20.2 Å². The van der Waals surface area contributed by atoms with E-state index >= 15 is 0 Å². The molecule has 2 aromatic heterocycles. The minimum absolute atomic E-state index is 0.133. The van der Waals surface area contributed by atoms with Gasteiger partial charge in [-0.05, 0) is 19.1 Å². The third kappa shape index (κ3) is 3.12. The van der Waals surface area contributed by atoms with Gasteiger partial charge in [-0.3, -0.25) is 9.48 Å². The van der Waals surface area contributed by atoms with E-state index in [4.69, 9.17) is 5.73 Å². The number of carbonyl (C=O) groups is 1. The van der Waals surface area contributed by atoms with Gasteiger partial charge in [-0.1, -0.05) is 0 Å². The molecular weight excluding hydrogens is 287 g/mol. The van der Waals surface area contributed by atoms with Gasteiger partial charge in [0.1, 0.15) is 11.5 Å². The molecule has 0 fully saturated rings. The molecule has 0 aliphatic heterocycles. The molecule has 112 valence electrons. The fourth-order valence-corrected chi connectivity index (χ4v) is 1.76. The van der Waals surface area contributed by atoms with Crippen LogP contribution in [0.1, 0.15) is 21.7 Å². The van der Waals surface area contributed by atoms with Gasteiger partial charge in [-0.2, -0.15) is 18.3 Å². The van der Waals surface area contributed by atoms with Crippen LogP contribution in [-0.4, -0.2) is 20.7 Å². The Hall–Kier alpha value is -2.58. The van der Waals surface area contributed by atoms with Crippen molar-refractivity contribution >= 4 is 17.4 Å². The summed E-state index contributed by atoms with van der Waals surface area (Å²) in [6.07, 6.45) is -3.06. The Kier molecular flexibility index (Phi) is 3.58. The van der Waals surface area contributed by atoms with Crippen LogP contribution in [0, 0.1) is 6.92 Å². The lowest BCUT2D eigenvalue weighted by atomic mass is 10.2. The first-order valence-electron chi connectivity index (χ1n) is 5.84. The highest BCUT2D eigenvalue weighted by Crippen LogP contribution is 2.30. The largest absolute Gasteiger partial charge is 0.433 e. The summed E-state index contributed by atoms with van der Waals surface area (Å²) >= 11 is 0. The third-order valence-electron chi connectivity index (χ3n) is 2.72. The average molecular weight is 299 g/mol. The zero-order valence-electron chi connectivity index (χ0n) is 11.2. The van der Waals surface area contributed by atoms with Gasteiger partial charge in [0.2, 0.25) is 0 Å². The van der Waals surface area contributed by atoms with Gasteiger partial charge in [0.25, 0.3) is 5.91 Å². The van der Waals surface area contributed by atoms with E-state index in [1.807, 2.05) is 0 Å². The van der Waals surface area contributed by atoms with Crippen LogP contribution in [0.25, 0.3) is 0 Å². The second kappa shape index (κ2) is 5.08. The molecule has 0 aromatic carbocycles. The lowest BCUT2D eigenvalue weighted by Crippen LogP contribution is -2.17. The molecule has 0 bridgehead atoms. The fourth-order valence-electron chi connectivity index (χ4n) is 1.76. The maximum Gasteiger partial charge on any atom is 0.433 e. The second-order valence-electron chi connectivity index (χ2n) is 4.38. The molecule has 1 amide bonds. The molecule has 0 unspecified atom stereocenters. The molecule has 0 aliphatic carbocycles. The van der Waals surface area contributed by atoms with E-state index in [2.05, 4.69) is 15.4 Å². The maximum absolute atomic E-state index is 12.7. The number of halogens is 3. The summed E-state index contributed by atoms with van der Waals surface area (Å²) in [6.45, 7) is 1.67. The van der Waals surface area contributed by atoms with Crippen LogP contribution in [0.5, 0.6) is 0 Å². The first-order chi connectivity index (χ1) is 9.68. The molecule has 3 N–H and O–H groups in total. The SMILES string of the molecule is Cc1nn(C)cc1Nc1nc(C(F)(F)F)ccc1C(N)=O. The van der Waals surface area contributed by atoms with E-state index in [0.29, 0.717) is 17.4 Å². The summed E-state index contributed by atoms with van der Waals surface area (Å²) < 4.78 is 39.6. The molecule has 2 heterocycles. The summed E-state index contributed by atoms with van der Waals surface area (Å²) in [5.74, 6) is -1.13.